The molecule has 0 aromatic heterocycles. The van der Waals surface area contributed by atoms with Crippen LogP contribution in [0.15, 0.2) is 24.2 Å². The van der Waals surface area contributed by atoms with Crippen molar-refractivity contribution in [1.29, 1.82) is 0 Å². The van der Waals surface area contributed by atoms with Crippen molar-refractivity contribution in [3.05, 3.63) is 24.2 Å². The van der Waals surface area contributed by atoms with E-state index >= 15 is 0 Å². The molecule has 1 atom stereocenters. The van der Waals surface area contributed by atoms with Crippen LogP contribution in [0.4, 0.5) is 0 Å². The number of hydrogen-bond acceptors (Lipinski definition) is 5. The first kappa shape index (κ1) is 10.3. The van der Waals surface area contributed by atoms with Gasteiger partial charge in [0.15, 0.2) is 5.76 Å². The van der Waals surface area contributed by atoms with E-state index in [-0.39, 0.29) is 5.76 Å². The van der Waals surface area contributed by atoms with Crippen molar-refractivity contribution in [3.63, 3.8) is 0 Å². The van der Waals surface area contributed by atoms with E-state index in [2.05, 4.69) is 0 Å². The Morgan fingerprint density at radius 1 is 1.36 bits per heavy atom. The van der Waals surface area contributed by atoms with Crippen molar-refractivity contribution < 1.29 is 23.8 Å². The quantitative estimate of drug-likeness (QED) is 0.616. The minimum absolute atomic E-state index is 0.162. The van der Waals surface area contributed by atoms with Gasteiger partial charge < -0.3 is 14.2 Å². The molecule has 0 fully saturated rings. The molecule has 0 aromatic carbocycles. The molecule has 0 amide bonds. The predicted molar refractivity (Wildman–Crippen MR) is 45.6 cm³/mol. The second-order valence-electron chi connectivity index (χ2n) is 2.57. The Morgan fingerprint density at radius 3 is 2.64 bits per heavy atom. The van der Waals surface area contributed by atoms with Gasteiger partial charge >= 0.3 is 18.2 Å². The average molecular weight is 198 g/mol. The summed E-state index contributed by atoms with van der Waals surface area (Å²) in [5.74, 6) is -0.842. The van der Waals surface area contributed by atoms with Gasteiger partial charge in [0.05, 0.1) is 6.26 Å². The van der Waals surface area contributed by atoms with Gasteiger partial charge in [-0.3, -0.25) is 9.59 Å². The summed E-state index contributed by atoms with van der Waals surface area (Å²) in [5.41, 5.74) is 0. The lowest BCUT2D eigenvalue weighted by molar-refractivity contribution is -0.170. The average Bonchev–Trinajstić information content (AvgIpc) is 2.06. The van der Waals surface area contributed by atoms with Gasteiger partial charge in [0.2, 0.25) is 0 Å². The zero-order valence-corrected chi connectivity index (χ0v) is 7.85. The lowest BCUT2D eigenvalue weighted by Gasteiger charge is -2.20. The van der Waals surface area contributed by atoms with Crippen LogP contribution in [0, 0.1) is 0 Å². The van der Waals surface area contributed by atoms with Gasteiger partial charge in [-0.1, -0.05) is 0 Å². The Labute approximate surface area is 80.9 Å². The van der Waals surface area contributed by atoms with Crippen molar-refractivity contribution in [3.8, 4) is 0 Å². The van der Waals surface area contributed by atoms with E-state index < -0.39 is 18.2 Å². The lowest BCUT2D eigenvalue weighted by atomic mass is 10.4. The number of carbonyl (C=O) groups excluding carboxylic acids is 2. The monoisotopic (exact) mass is 198 g/mol. The highest BCUT2D eigenvalue weighted by Crippen LogP contribution is 2.15. The van der Waals surface area contributed by atoms with Gasteiger partial charge in [-0.05, 0) is 12.2 Å². The van der Waals surface area contributed by atoms with Crippen LogP contribution in [0.1, 0.15) is 13.8 Å². The van der Waals surface area contributed by atoms with Crippen molar-refractivity contribution >= 4 is 11.9 Å². The van der Waals surface area contributed by atoms with Crippen molar-refractivity contribution in [2.24, 2.45) is 0 Å². The van der Waals surface area contributed by atoms with Crippen LogP contribution in [-0.2, 0) is 23.8 Å². The van der Waals surface area contributed by atoms with Gasteiger partial charge in [-0.2, -0.15) is 0 Å². The first-order chi connectivity index (χ1) is 6.59. The molecule has 5 heteroatoms. The predicted octanol–water partition coefficient (Wildman–Crippen LogP) is 0.866. The summed E-state index contributed by atoms with van der Waals surface area (Å²) in [6.45, 7) is 2.50. The molecule has 0 saturated carbocycles. The number of hydrogen-bond donors (Lipinski definition) is 0. The smallest absolute Gasteiger partial charge is 0.307 e. The summed E-state index contributed by atoms with van der Waals surface area (Å²) in [4.78, 5) is 21.3. The highest BCUT2D eigenvalue weighted by Gasteiger charge is 2.22. The summed E-state index contributed by atoms with van der Waals surface area (Å²) in [7, 11) is 0. The van der Waals surface area contributed by atoms with E-state index in [1.54, 1.807) is 0 Å². The third-order valence-electron chi connectivity index (χ3n) is 1.31. The normalized spacial score (nSPS) is 19.3. The van der Waals surface area contributed by atoms with E-state index in [0.29, 0.717) is 0 Å². The second-order valence-corrected chi connectivity index (χ2v) is 2.57. The van der Waals surface area contributed by atoms with Crippen LogP contribution in [0.25, 0.3) is 0 Å². The zero-order chi connectivity index (χ0) is 10.6. The summed E-state index contributed by atoms with van der Waals surface area (Å²) >= 11 is 0. The molecule has 76 valence electrons. The van der Waals surface area contributed by atoms with E-state index in [1.807, 2.05) is 0 Å². The Kier molecular flexibility index (Phi) is 3.28. The molecule has 5 nitrogen and oxygen atoms in total. The fraction of sp³-hybridized carbons (Fsp3) is 0.333. The minimum atomic E-state index is -0.971. The molecule has 0 bridgehead atoms. The first-order valence-electron chi connectivity index (χ1n) is 3.97. The lowest BCUT2D eigenvalue weighted by Crippen LogP contribution is -2.24. The van der Waals surface area contributed by atoms with Crippen molar-refractivity contribution in [2.75, 3.05) is 0 Å². The Balaban J connectivity index is 2.66. The summed E-state index contributed by atoms with van der Waals surface area (Å²) < 4.78 is 14.5. The maximum Gasteiger partial charge on any atom is 0.307 e. The number of esters is 2. The number of carbonyl (C=O) groups is 2. The molecule has 0 aliphatic carbocycles. The fourth-order valence-corrected chi connectivity index (χ4v) is 0.881. The molecule has 1 aliphatic rings. The van der Waals surface area contributed by atoms with E-state index in [1.165, 1.54) is 32.3 Å². The van der Waals surface area contributed by atoms with Gasteiger partial charge in [0.1, 0.15) is 0 Å². The summed E-state index contributed by atoms with van der Waals surface area (Å²) in [6, 6.07) is 0. The van der Waals surface area contributed by atoms with Crippen LogP contribution in [0.3, 0.4) is 0 Å². The molecular formula is C9H10O5. The van der Waals surface area contributed by atoms with Crippen LogP contribution < -0.4 is 0 Å². The molecule has 0 N–H and O–H groups in total. The minimum Gasteiger partial charge on any atom is -0.456 e. The van der Waals surface area contributed by atoms with Crippen molar-refractivity contribution in [2.45, 2.75) is 20.1 Å². The Morgan fingerprint density at radius 2 is 2.07 bits per heavy atom. The number of allylic oxidation sites excluding steroid dienone is 2. The fourth-order valence-electron chi connectivity index (χ4n) is 0.881. The highest BCUT2D eigenvalue weighted by atomic mass is 16.7. The van der Waals surface area contributed by atoms with Gasteiger partial charge in [-0.25, -0.2) is 0 Å². The third-order valence-corrected chi connectivity index (χ3v) is 1.31. The topological polar surface area (TPSA) is 61.8 Å². The van der Waals surface area contributed by atoms with E-state index in [9.17, 15) is 9.59 Å². The van der Waals surface area contributed by atoms with Gasteiger partial charge in [-0.15, -0.1) is 0 Å². The maximum atomic E-state index is 10.7. The number of ether oxygens (including phenoxy) is 3. The molecule has 0 radical (unpaired) electrons. The van der Waals surface area contributed by atoms with E-state index in [0.717, 1.165) is 0 Å². The van der Waals surface area contributed by atoms with Crippen LogP contribution in [-0.4, -0.2) is 18.2 Å². The summed E-state index contributed by atoms with van der Waals surface area (Å²) in [5, 5.41) is 0. The SMILES string of the molecule is CC(=O)OC1=CC=COC1OC(C)=O. The molecule has 1 rings (SSSR count). The van der Waals surface area contributed by atoms with Crippen LogP contribution in [0.2, 0.25) is 0 Å². The standard InChI is InChI=1S/C9H10O5/c1-6(10)13-8-4-3-5-12-9(8)14-7(2)11/h3-5,9H,1-2H3. The molecule has 1 heterocycles. The summed E-state index contributed by atoms with van der Waals surface area (Å²) in [6.07, 6.45) is 3.42. The van der Waals surface area contributed by atoms with Crippen LogP contribution in [0.5, 0.6) is 0 Å². The second kappa shape index (κ2) is 4.45. The third kappa shape index (κ3) is 2.93. The Bertz CT molecular complexity index is 302. The molecule has 1 aliphatic heterocycles. The molecule has 14 heavy (non-hydrogen) atoms. The highest BCUT2D eigenvalue weighted by molar-refractivity contribution is 5.68. The molecule has 1 unspecified atom stereocenters. The molecule has 0 aromatic rings. The van der Waals surface area contributed by atoms with E-state index in [4.69, 9.17) is 14.2 Å². The molecule has 0 saturated heterocycles. The molecule has 0 spiro atoms. The van der Waals surface area contributed by atoms with Crippen molar-refractivity contribution in [1.82, 2.24) is 0 Å². The molecular weight excluding hydrogens is 188 g/mol. The number of rotatable bonds is 2. The largest absolute Gasteiger partial charge is 0.456 e. The van der Waals surface area contributed by atoms with Crippen LogP contribution >= 0.6 is 0 Å². The zero-order valence-electron chi connectivity index (χ0n) is 7.85. The van der Waals surface area contributed by atoms with Gasteiger partial charge in [0, 0.05) is 13.8 Å². The Hall–Kier alpha value is -1.78. The maximum absolute atomic E-state index is 10.7. The van der Waals surface area contributed by atoms with Gasteiger partial charge in [0.25, 0.3) is 0 Å². The first-order valence-corrected chi connectivity index (χ1v) is 3.97.